The molecule has 4 unspecified atom stereocenters. The van der Waals surface area contributed by atoms with Crippen molar-refractivity contribution in [3.05, 3.63) is 78.5 Å². The molecular formula is C29H34BNO. The van der Waals surface area contributed by atoms with E-state index in [1.807, 2.05) is 42.6 Å². The van der Waals surface area contributed by atoms with Crippen LogP contribution >= 0.6 is 0 Å². The number of hydrogen-bond acceptors (Lipinski definition) is 2. The van der Waals surface area contributed by atoms with Crippen LogP contribution in [0.15, 0.2) is 72.9 Å². The maximum Gasteiger partial charge on any atom is 0.120 e. The van der Waals surface area contributed by atoms with E-state index in [-0.39, 0.29) is 16.7 Å². The van der Waals surface area contributed by atoms with Crippen molar-refractivity contribution < 1.29 is 5.11 Å². The third kappa shape index (κ3) is 3.71. The Morgan fingerprint density at radius 3 is 2.22 bits per heavy atom. The molecule has 3 heteroatoms. The molecule has 0 spiro atoms. The van der Waals surface area contributed by atoms with Crippen molar-refractivity contribution in [2.75, 3.05) is 0 Å². The van der Waals surface area contributed by atoms with E-state index in [0.29, 0.717) is 5.92 Å². The number of nitrogens with zero attached hydrogens (tertiary/aromatic N) is 1. The zero-order valence-electron chi connectivity index (χ0n) is 20.0. The number of hydrogen-bond donors (Lipinski definition) is 1. The highest BCUT2D eigenvalue weighted by atomic mass is 16.3. The summed E-state index contributed by atoms with van der Waals surface area (Å²) in [4.78, 5) is 4.53. The molecule has 4 rings (SSSR count). The average Bonchev–Trinajstić information content (AvgIpc) is 3.02. The highest BCUT2D eigenvalue weighted by Gasteiger charge is 2.56. The van der Waals surface area contributed by atoms with Crippen molar-refractivity contribution in [1.82, 2.24) is 4.98 Å². The maximum absolute atomic E-state index is 11.5. The van der Waals surface area contributed by atoms with Crippen molar-refractivity contribution in [3.63, 3.8) is 0 Å². The van der Waals surface area contributed by atoms with Crippen LogP contribution in [0.3, 0.4) is 0 Å². The lowest BCUT2D eigenvalue weighted by molar-refractivity contribution is -0.0568. The first-order chi connectivity index (χ1) is 15.1. The normalized spacial score (nSPS) is 25.2. The van der Waals surface area contributed by atoms with Gasteiger partial charge in [-0.25, -0.2) is 0 Å². The molecule has 2 nitrogen and oxygen atoms in total. The predicted octanol–water partition coefficient (Wildman–Crippen LogP) is 6.83. The van der Waals surface area contributed by atoms with Crippen LogP contribution in [0, 0.1) is 22.7 Å². The summed E-state index contributed by atoms with van der Waals surface area (Å²) >= 11 is 0. The van der Waals surface area contributed by atoms with Gasteiger partial charge in [0.05, 0.1) is 11.2 Å². The second-order valence-electron chi connectivity index (χ2n) is 10.5. The van der Waals surface area contributed by atoms with Gasteiger partial charge in [-0.15, -0.1) is 0 Å². The fraction of sp³-hybridized carbons (Fsp3) is 0.414. The molecule has 164 valence electrons. The van der Waals surface area contributed by atoms with Gasteiger partial charge in [0.25, 0.3) is 0 Å². The zero-order chi connectivity index (χ0) is 23.1. The summed E-state index contributed by atoms with van der Waals surface area (Å²) in [5.41, 5.74) is 3.67. The molecular weight excluding hydrogens is 389 g/mol. The van der Waals surface area contributed by atoms with E-state index in [4.69, 9.17) is 7.85 Å². The first-order valence-electron chi connectivity index (χ1n) is 11.7. The maximum atomic E-state index is 11.5. The molecule has 1 aliphatic rings. The molecule has 0 amide bonds. The Hall–Kier alpha value is -2.39. The number of aliphatic hydroxyl groups is 1. The van der Waals surface area contributed by atoms with Crippen LogP contribution < -0.4 is 0 Å². The molecule has 1 fully saturated rings. The zero-order valence-corrected chi connectivity index (χ0v) is 20.0. The summed E-state index contributed by atoms with van der Waals surface area (Å²) in [6.07, 6.45) is 4.10. The van der Waals surface area contributed by atoms with Gasteiger partial charge in [0.15, 0.2) is 0 Å². The first kappa shape index (κ1) is 22.8. The van der Waals surface area contributed by atoms with Gasteiger partial charge >= 0.3 is 0 Å². The third-order valence-corrected chi connectivity index (χ3v) is 8.93. The van der Waals surface area contributed by atoms with E-state index >= 15 is 0 Å². The average molecular weight is 423 g/mol. The minimum Gasteiger partial charge on any atom is -0.395 e. The van der Waals surface area contributed by atoms with Crippen LogP contribution in [0.25, 0.3) is 22.4 Å². The van der Waals surface area contributed by atoms with Crippen molar-refractivity contribution in [2.24, 2.45) is 22.7 Å². The minimum atomic E-state index is -1.39. The smallest absolute Gasteiger partial charge is 0.120 e. The molecule has 3 aromatic rings. The molecule has 1 aromatic heterocycles. The summed E-state index contributed by atoms with van der Waals surface area (Å²) in [7, 11) is 6.65. The standard InChI is InChI=1S/C29H34BNO/c1-20-15-17-28(5,27(20,3)4)21(2)29(30,32)25-13-11-22(12-14-25)24-16-18-31-26(19-24)23-9-7-6-8-10-23/h6-14,16,18-21,32H,15,17H2,1-5H3. The molecule has 2 aromatic carbocycles. The summed E-state index contributed by atoms with van der Waals surface area (Å²) in [6.45, 7) is 11.4. The molecule has 0 aliphatic heterocycles. The van der Waals surface area contributed by atoms with Crippen molar-refractivity contribution >= 4 is 7.85 Å². The predicted molar refractivity (Wildman–Crippen MR) is 134 cm³/mol. The summed E-state index contributed by atoms with van der Waals surface area (Å²) in [5, 5.41) is 11.5. The quantitative estimate of drug-likeness (QED) is 0.457. The lowest BCUT2D eigenvalue weighted by Crippen LogP contribution is -2.49. The molecule has 0 saturated heterocycles. The second kappa shape index (κ2) is 8.19. The van der Waals surface area contributed by atoms with Gasteiger partial charge in [-0.3, -0.25) is 4.98 Å². The van der Waals surface area contributed by atoms with Gasteiger partial charge in [-0.2, -0.15) is 0 Å². The molecule has 2 radical (unpaired) electrons. The van der Waals surface area contributed by atoms with Crippen molar-refractivity contribution in [3.8, 4) is 22.4 Å². The minimum absolute atomic E-state index is 0.0374. The fourth-order valence-electron chi connectivity index (χ4n) is 5.58. The number of rotatable bonds is 5. The highest BCUT2D eigenvalue weighted by molar-refractivity contribution is 6.14. The van der Waals surface area contributed by atoms with E-state index in [0.717, 1.165) is 34.4 Å². The van der Waals surface area contributed by atoms with Crippen molar-refractivity contribution in [1.29, 1.82) is 0 Å². The van der Waals surface area contributed by atoms with Gasteiger partial charge in [-0.1, -0.05) is 89.2 Å². The molecule has 1 N–H and O–H groups in total. The summed E-state index contributed by atoms with van der Waals surface area (Å²) < 4.78 is 0. The highest BCUT2D eigenvalue weighted by Crippen LogP contribution is 2.61. The number of aromatic nitrogens is 1. The Morgan fingerprint density at radius 1 is 0.969 bits per heavy atom. The van der Waals surface area contributed by atoms with Crippen LogP contribution in [-0.2, 0) is 5.50 Å². The van der Waals surface area contributed by atoms with Crippen molar-refractivity contribution in [2.45, 2.75) is 53.0 Å². The third-order valence-electron chi connectivity index (χ3n) is 8.93. The van der Waals surface area contributed by atoms with E-state index in [9.17, 15) is 5.11 Å². The first-order valence-corrected chi connectivity index (χ1v) is 11.7. The Bertz CT molecular complexity index is 1070. The molecule has 1 saturated carbocycles. The Labute approximate surface area is 194 Å². The van der Waals surface area contributed by atoms with Crippen LogP contribution in [0.1, 0.15) is 53.0 Å². The number of benzene rings is 2. The molecule has 1 aliphatic carbocycles. The van der Waals surface area contributed by atoms with E-state index in [1.165, 1.54) is 6.42 Å². The SMILES string of the molecule is [B]C(O)(c1ccc(-c2ccnc(-c3ccccc3)c2)cc1)C(C)C1(C)CCC(C)C1(C)C. The van der Waals surface area contributed by atoms with Gasteiger partial charge < -0.3 is 5.11 Å². The second-order valence-corrected chi connectivity index (χ2v) is 10.5. The fourth-order valence-corrected chi connectivity index (χ4v) is 5.58. The Kier molecular flexibility index (Phi) is 5.84. The van der Waals surface area contributed by atoms with E-state index < -0.39 is 5.50 Å². The Balaban J connectivity index is 1.61. The van der Waals surface area contributed by atoms with Gasteiger partial charge in [-0.05, 0) is 64.3 Å². The van der Waals surface area contributed by atoms with Gasteiger partial charge in [0, 0.05) is 11.8 Å². The molecule has 32 heavy (non-hydrogen) atoms. The summed E-state index contributed by atoms with van der Waals surface area (Å²) in [6, 6.07) is 22.4. The van der Waals surface area contributed by atoms with Crippen LogP contribution in [0.4, 0.5) is 0 Å². The lowest BCUT2D eigenvalue weighted by Gasteiger charge is -2.51. The largest absolute Gasteiger partial charge is 0.395 e. The van der Waals surface area contributed by atoms with Gasteiger partial charge in [0.2, 0.25) is 0 Å². The van der Waals surface area contributed by atoms with Crippen LogP contribution in [0.5, 0.6) is 0 Å². The lowest BCUT2D eigenvalue weighted by atomic mass is 9.51. The Morgan fingerprint density at radius 2 is 1.62 bits per heavy atom. The number of pyridine rings is 1. The summed E-state index contributed by atoms with van der Waals surface area (Å²) in [5.74, 6) is 0.532. The van der Waals surface area contributed by atoms with E-state index in [1.54, 1.807) is 0 Å². The van der Waals surface area contributed by atoms with E-state index in [2.05, 4.69) is 69.9 Å². The molecule has 1 heterocycles. The van der Waals surface area contributed by atoms with Crippen LogP contribution in [0.2, 0.25) is 0 Å². The van der Waals surface area contributed by atoms with Crippen LogP contribution in [-0.4, -0.2) is 17.9 Å². The monoisotopic (exact) mass is 423 g/mol. The van der Waals surface area contributed by atoms with Gasteiger partial charge in [0.1, 0.15) is 7.85 Å². The topological polar surface area (TPSA) is 33.1 Å². The molecule has 0 bridgehead atoms. The molecule has 4 atom stereocenters.